The number of halogens is 2. The highest BCUT2D eigenvalue weighted by Gasteiger charge is 2.31. The molecule has 2 heterocycles. The maximum Gasteiger partial charge on any atom is 0.243 e. The van der Waals surface area contributed by atoms with Crippen molar-refractivity contribution in [2.75, 3.05) is 19.6 Å². The van der Waals surface area contributed by atoms with Crippen molar-refractivity contribution in [1.29, 1.82) is 0 Å². The highest BCUT2D eigenvalue weighted by atomic mass is 35.5. The molecule has 1 aliphatic rings. The van der Waals surface area contributed by atoms with E-state index in [4.69, 9.17) is 0 Å². The second-order valence-electron chi connectivity index (χ2n) is 6.50. The quantitative estimate of drug-likeness (QED) is 0.848. The minimum absolute atomic E-state index is 0. The Morgan fingerprint density at radius 2 is 2.04 bits per heavy atom. The Kier molecular flexibility index (Phi) is 8.09. The Bertz CT molecular complexity index is 794. The van der Waals surface area contributed by atoms with Crippen LogP contribution in [0.1, 0.15) is 20.3 Å². The van der Waals surface area contributed by atoms with E-state index < -0.39 is 10.0 Å². The van der Waals surface area contributed by atoms with E-state index in [1.165, 1.54) is 0 Å². The standard InChI is InChI=1S/C17H23N3O2S.2ClH/c1-13(2)10-15-12-20(9-8-19-15)23(21,22)17-5-3-4-14-11-18-7-6-16(14)17;;/h3-7,11,13,15,19H,8-10,12H2,1-2H3;2*1H. The molecule has 0 amide bonds. The summed E-state index contributed by atoms with van der Waals surface area (Å²) in [6, 6.07) is 7.36. The fourth-order valence-electron chi connectivity index (χ4n) is 3.20. The smallest absolute Gasteiger partial charge is 0.243 e. The largest absolute Gasteiger partial charge is 0.311 e. The van der Waals surface area contributed by atoms with E-state index >= 15 is 0 Å². The zero-order valence-corrected chi connectivity index (χ0v) is 16.8. The Balaban J connectivity index is 0.00000156. The maximum atomic E-state index is 13.1. The number of sulfonamides is 1. The first-order chi connectivity index (χ1) is 11.0. The number of nitrogens with one attached hydrogen (secondary N) is 1. The van der Waals surface area contributed by atoms with Gasteiger partial charge in [0, 0.05) is 48.8 Å². The van der Waals surface area contributed by atoms with Gasteiger partial charge in [-0.15, -0.1) is 24.8 Å². The Labute approximate surface area is 162 Å². The number of rotatable bonds is 4. The third kappa shape index (κ3) is 4.83. The third-order valence-electron chi connectivity index (χ3n) is 4.23. The molecule has 1 N–H and O–H groups in total. The summed E-state index contributed by atoms with van der Waals surface area (Å²) in [4.78, 5) is 4.45. The number of fused-ring (bicyclic) bond motifs is 1. The molecular weight excluding hydrogens is 381 g/mol. The molecule has 140 valence electrons. The van der Waals surface area contributed by atoms with Gasteiger partial charge in [0.05, 0.1) is 4.90 Å². The number of hydrogen-bond donors (Lipinski definition) is 1. The molecule has 0 spiro atoms. The van der Waals surface area contributed by atoms with Gasteiger partial charge >= 0.3 is 0 Å². The lowest BCUT2D eigenvalue weighted by Crippen LogP contribution is -2.52. The second-order valence-corrected chi connectivity index (χ2v) is 8.40. The van der Waals surface area contributed by atoms with Gasteiger partial charge in [-0.05, 0) is 24.5 Å². The summed E-state index contributed by atoms with van der Waals surface area (Å²) < 4.78 is 27.8. The molecule has 5 nitrogen and oxygen atoms in total. The molecule has 3 rings (SSSR count). The summed E-state index contributed by atoms with van der Waals surface area (Å²) in [5.41, 5.74) is 0. The predicted molar refractivity (Wildman–Crippen MR) is 106 cm³/mol. The van der Waals surface area contributed by atoms with Crippen LogP contribution in [-0.2, 0) is 10.0 Å². The van der Waals surface area contributed by atoms with Crippen LogP contribution in [0.25, 0.3) is 10.8 Å². The Morgan fingerprint density at radius 3 is 2.76 bits per heavy atom. The zero-order chi connectivity index (χ0) is 16.4. The fourth-order valence-corrected chi connectivity index (χ4v) is 4.90. The minimum atomic E-state index is -3.49. The van der Waals surface area contributed by atoms with E-state index in [1.54, 1.807) is 34.9 Å². The van der Waals surface area contributed by atoms with Crippen LogP contribution in [0.15, 0.2) is 41.6 Å². The normalized spacial score (nSPS) is 18.6. The van der Waals surface area contributed by atoms with Gasteiger partial charge < -0.3 is 5.32 Å². The van der Waals surface area contributed by atoms with Crippen molar-refractivity contribution in [3.8, 4) is 0 Å². The average molecular weight is 406 g/mol. The Hall–Kier alpha value is -0.920. The summed E-state index contributed by atoms with van der Waals surface area (Å²) in [6.07, 6.45) is 4.32. The van der Waals surface area contributed by atoms with E-state index in [-0.39, 0.29) is 30.9 Å². The third-order valence-corrected chi connectivity index (χ3v) is 6.16. The van der Waals surface area contributed by atoms with Gasteiger partial charge in [-0.3, -0.25) is 4.98 Å². The van der Waals surface area contributed by atoms with E-state index in [9.17, 15) is 8.42 Å². The Morgan fingerprint density at radius 1 is 1.28 bits per heavy atom. The summed E-state index contributed by atoms with van der Waals surface area (Å²) in [5.74, 6) is 0.541. The first-order valence-corrected chi connectivity index (χ1v) is 9.49. The number of hydrogen-bond acceptors (Lipinski definition) is 4. The van der Waals surface area contributed by atoms with Crippen molar-refractivity contribution in [2.24, 2.45) is 5.92 Å². The average Bonchev–Trinajstić information content (AvgIpc) is 2.54. The molecule has 1 unspecified atom stereocenters. The monoisotopic (exact) mass is 405 g/mol. The fraction of sp³-hybridized carbons (Fsp3) is 0.471. The molecule has 1 atom stereocenters. The van der Waals surface area contributed by atoms with Crippen LogP contribution in [0, 0.1) is 5.92 Å². The van der Waals surface area contributed by atoms with Crippen LogP contribution < -0.4 is 5.32 Å². The van der Waals surface area contributed by atoms with Crippen LogP contribution >= 0.6 is 24.8 Å². The van der Waals surface area contributed by atoms with Gasteiger partial charge in [-0.25, -0.2) is 8.42 Å². The zero-order valence-electron chi connectivity index (χ0n) is 14.4. The van der Waals surface area contributed by atoms with Gasteiger partial charge in [-0.2, -0.15) is 4.31 Å². The van der Waals surface area contributed by atoms with Crippen LogP contribution in [-0.4, -0.2) is 43.4 Å². The second kappa shape index (κ2) is 9.14. The van der Waals surface area contributed by atoms with Gasteiger partial charge in [0.25, 0.3) is 0 Å². The van der Waals surface area contributed by atoms with Gasteiger partial charge in [0.2, 0.25) is 10.0 Å². The summed E-state index contributed by atoms with van der Waals surface area (Å²) in [5, 5.41) is 5.01. The van der Waals surface area contributed by atoms with E-state index in [0.29, 0.717) is 30.4 Å². The molecule has 8 heteroatoms. The van der Waals surface area contributed by atoms with Crippen molar-refractivity contribution in [1.82, 2.24) is 14.6 Å². The van der Waals surface area contributed by atoms with Crippen molar-refractivity contribution in [2.45, 2.75) is 31.2 Å². The number of nitrogens with zero attached hydrogens (tertiary/aromatic N) is 2. The molecule has 25 heavy (non-hydrogen) atoms. The molecule has 1 saturated heterocycles. The van der Waals surface area contributed by atoms with E-state index in [2.05, 4.69) is 24.1 Å². The topological polar surface area (TPSA) is 62.3 Å². The molecule has 0 aliphatic carbocycles. The lowest BCUT2D eigenvalue weighted by atomic mass is 10.0. The minimum Gasteiger partial charge on any atom is -0.311 e. The number of pyridine rings is 1. The van der Waals surface area contributed by atoms with E-state index in [0.717, 1.165) is 17.2 Å². The van der Waals surface area contributed by atoms with Crippen LogP contribution in [0.5, 0.6) is 0 Å². The summed E-state index contributed by atoms with van der Waals surface area (Å²) >= 11 is 0. The molecule has 0 saturated carbocycles. The molecule has 1 aliphatic heterocycles. The van der Waals surface area contributed by atoms with Gasteiger partial charge in [0.15, 0.2) is 0 Å². The van der Waals surface area contributed by atoms with Crippen molar-refractivity contribution < 1.29 is 8.42 Å². The van der Waals surface area contributed by atoms with Crippen molar-refractivity contribution in [3.63, 3.8) is 0 Å². The number of piperazine rings is 1. The molecule has 1 fully saturated rings. The van der Waals surface area contributed by atoms with Crippen LogP contribution in [0.3, 0.4) is 0 Å². The highest BCUT2D eigenvalue weighted by molar-refractivity contribution is 7.89. The first-order valence-electron chi connectivity index (χ1n) is 8.05. The molecule has 2 aromatic rings. The van der Waals surface area contributed by atoms with Gasteiger partial charge in [0.1, 0.15) is 0 Å². The van der Waals surface area contributed by atoms with Gasteiger partial charge in [-0.1, -0.05) is 26.0 Å². The molecular formula is C17H25Cl2N3O2S. The van der Waals surface area contributed by atoms with Crippen LogP contribution in [0.4, 0.5) is 0 Å². The van der Waals surface area contributed by atoms with E-state index in [1.807, 2.05) is 6.07 Å². The first kappa shape index (κ1) is 22.1. The van der Waals surface area contributed by atoms with Crippen LogP contribution in [0.2, 0.25) is 0 Å². The highest BCUT2D eigenvalue weighted by Crippen LogP contribution is 2.26. The number of aromatic nitrogens is 1. The lowest BCUT2D eigenvalue weighted by molar-refractivity contribution is 0.272. The van der Waals surface area contributed by atoms with Crippen molar-refractivity contribution >= 4 is 45.6 Å². The summed E-state index contributed by atoms with van der Waals surface area (Å²) in [7, 11) is -3.49. The molecule has 1 aromatic carbocycles. The van der Waals surface area contributed by atoms with Crippen molar-refractivity contribution in [3.05, 3.63) is 36.7 Å². The molecule has 1 aromatic heterocycles. The SMILES string of the molecule is CC(C)CC1CN(S(=O)(=O)c2cccc3cnccc23)CCN1.Cl.Cl. The molecule has 0 bridgehead atoms. The maximum absolute atomic E-state index is 13.1. The lowest BCUT2D eigenvalue weighted by Gasteiger charge is -2.34. The predicted octanol–water partition coefficient (Wildman–Crippen LogP) is 3.09. The summed E-state index contributed by atoms with van der Waals surface area (Å²) in [6.45, 7) is 6.06. The molecule has 0 radical (unpaired) electrons. The number of benzene rings is 1.